The van der Waals surface area contributed by atoms with Crippen molar-refractivity contribution in [1.29, 1.82) is 0 Å². The van der Waals surface area contributed by atoms with E-state index >= 15 is 0 Å². The van der Waals surface area contributed by atoms with Crippen molar-refractivity contribution >= 4 is 45.4 Å². The van der Waals surface area contributed by atoms with Gasteiger partial charge in [-0.1, -0.05) is 41.6 Å². The Morgan fingerprint density at radius 2 is 1.60 bits per heavy atom. The summed E-state index contributed by atoms with van der Waals surface area (Å²) < 4.78 is 45.8. The van der Waals surface area contributed by atoms with Gasteiger partial charge >= 0.3 is 12.1 Å². The Hall–Kier alpha value is -5.32. The van der Waals surface area contributed by atoms with Gasteiger partial charge in [0.05, 0.1) is 33.5 Å². The Balaban J connectivity index is 1.29. The molecular formula is C32H23F3N4O4. The van der Waals surface area contributed by atoms with E-state index in [9.17, 15) is 27.9 Å². The molecular weight excluding hydrogens is 561 g/mol. The molecule has 1 aromatic heterocycles. The van der Waals surface area contributed by atoms with Gasteiger partial charge in [-0.3, -0.25) is 4.79 Å². The lowest BCUT2D eigenvalue weighted by atomic mass is 9.86. The van der Waals surface area contributed by atoms with Gasteiger partial charge in [-0.2, -0.15) is 13.2 Å². The van der Waals surface area contributed by atoms with Gasteiger partial charge in [0, 0.05) is 48.7 Å². The normalized spacial score (nSPS) is 14.6. The number of carboxylic acids is 1. The molecule has 8 nitrogen and oxygen atoms in total. The van der Waals surface area contributed by atoms with Gasteiger partial charge in [0.15, 0.2) is 11.5 Å². The third-order valence-corrected chi connectivity index (χ3v) is 7.93. The van der Waals surface area contributed by atoms with E-state index in [1.54, 1.807) is 36.4 Å². The number of carbonyl (C=O) groups is 2. The lowest BCUT2D eigenvalue weighted by Crippen LogP contribution is -2.46. The molecule has 2 heterocycles. The van der Waals surface area contributed by atoms with Crippen molar-refractivity contribution in [2.75, 3.05) is 41.3 Å². The highest BCUT2D eigenvalue weighted by Crippen LogP contribution is 2.46. The lowest BCUT2D eigenvalue weighted by Gasteiger charge is -2.38. The molecule has 5 aromatic rings. The second kappa shape index (κ2) is 9.90. The number of hydrogen-bond acceptors (Lipinski definition) is 7. The van der Waals surface area contributed by atoms with Crippen LogP contribution in [0.5, 0.6) is 0 Å². The number of anilines is 4. The summed E-state index contributed by atoms with van der Waals surface area (Å²) in [6.45, 7) is 1.87. The topological polar surface area (TPSA) is 98.9 Å². The number of fused-ring (bicyclic) bond motifs is 2. The number of carboxylic acid groups (broad SMARTS) is 1. The molecule has 11 heteroatoms. The molecule has 1 saturated heterocycles. The van der Waals surface area contributed by atoms with Crippen LogP contribution in [0.15, 0.2) is 83.4 Å². The summed E-state index contributed by atoms with van der Waals surface area (Å²) in [5, 5.41) is 17.7. The molecule has 0 atom stereocenters. The van der Waals surface area contributed by atoms with E-state index in [4.69, 9.17) is 4.52 Å². The summed E-state index contributed by atoms with van der Waals surface area (Å²) >= 11 is 0. The fourth-order valence-electron chi connectivity index (χ4n) is 5.85. The molecule has 1 aliphatic heterocycles. The largest absolute Gasteiger partial charge is 0.478 e. The summed E-state index contributed by atoms with van der Waals surface area (Å²) in [6, 6.07) is 20.5. The number of aromatic carboxylic acids is 1. The van der Waals surface area contributed by atoms with Crippen LogP contribution in [0, 0.1) is 0 Å². The minimum Gasteiger partial charge on any atom is -0.478 e. The molecule has 43 heavy (non-hydrogen) atoms. The maximum atomic E-state index is 13.9. The van der Waals surface area contributed by atoms with Gasteiger partial charge in [-0.05, 0) is 42.5 Å². The van der Waals surface area contributed by atoms with E-state index in [2.05, 4.69) is 15.4 Å². The molecule has 2 aliphatic rings. The lowest BCUT2D eigenvalue weighted by molar-refractivity contribution is -0.137. The number of alkyl halides is 3. The second-order valence-corrected chi connectivity index (χ2v) is 10.5. The number of nitrogens with zero attached hydrogens (tertiary/aromatic N) is 3. The van der Waals surface area contributed by atoms with E-state index in [1.807, 2.05) is 17.0 Å². The highest BCUT2D eigenvalue weighted by atomic mass is 19.4. The number of benzene rings is 4. The molecule has 0 bridgehead atoms. The third-order valence-electron chi connectivity index (χ3n) is 7.93. The molecule has 7 rings (SSSR count). The quantitative estimate of drug-likeness (QED) is 0.228. The molecule has 4 aromatic carbocycles. The highest BCUT2D eigenvalue weighted by Gasteiger charge is 2.35. The molecule has 1 aliphatic carbocycles. The Bertz CT molecular complexity index is 1930. The van der Waals surface area contributed by atoms with Crippen molar-refractivity contribution in [3.8, 4) is 11.3 Å². The van der Waals surface area contributed by atoms with Gasteiger partial charge in [0.1, 0.15) is 5.52 Å². The smallest absolute Gasteiger partial charge is 0.416 e. The number of carbonyl (C=O) groups excluding carboxylic acids is 1. The van der Waals surface area contributed by atoms with Crippen molar-refractivity contribution in [3.63, 3.8) is 0 Å². The van der Waals surface area contributed by atoms with E-state index < -0.39 is 17.7 Å². The zero-order valence-electron chi connectivity index (χ0n) is 22.5. The summed E-state index contributed by atoms with van der Waals surface area (Å²) in [7, 11) is 0. The molecule has 1 fully saturated rings. The Morgan fingerprint density at radius 3 is 2.35 bits per heavy atom. The predicted molar refractivity (Wildman–Crippen MR) is 155 cm³/mol. The van der Waals surface area contributed by atoms with Crippen LogP contribution in [0.4, 0.5) is 35.9 Å². The first-order chi connectivity index (χ1) is 20.7. The van der Waals surface area contributed by atoms with Gasteiger partial charge < -0.3 is 24.7 Å². The summed E-state index contributed by atoms with van der Waals surface area (Å²) in [5.74, 6) is -0.827. The zero-order chi connectivity index (χ0) is 29.9. The number of ketones is 1. The Morgan fingerprint density at radius 1 is 0.884 bits per heavy atom. The maximum Gasteiger partial charge on any atom is 0.416 e. The fourth-order valence-corrected chi connectivity index (χ4v) is 5.85. The first kappa shape index (κ1) is 26.6. The van der Waals surface area contributed by atoms with Crippen LogP contribution in [-0.2, 0) is 6.18 Å². The molecule has 0 amide bonds. The summed E-state index contributed by atoms with van der Waals surface area (Å²) in [6.07, 6.45) is -4.43. The standard InChI is InChI=1S/C32H23F3N4O4/c33-32(34,35)19-6-4-8-21(16-19)38-11-13-39(14-12-38)25-17-24(36-20-7-3-5-18(15-20)31(41)42)26-27-28(25)37-43-30(27)23-10-2-1-9-22(23)29(26)40/h1-10,15-17,36H,11-14H2,(H,41,42). The first-order valence-corrected chi connectivity index (χ1v) is 13.6. The van der Waals surface area contributed by atoms with Crippen LogP contribution >= 0.6 is 0 Å². The Labute approximate surface area is 242 Å². The van der Waals surface area contributed by atoms with Crippen LogP contribution in [0.1, 0.15) is 31.8 Å². The summed E-state index contributed by atoms with van der Waals surface area (Å²) in [5.41, 5.74) is 3.52. The zero-order valence-corrected chi connectivity index (χ0v) is 22.5. The maximum absolute atomic E-state index is 13.9. The van der Waals surface area contributed by atoms with Crippen LogP contribution in [0.25, 0.3) is 22.2 Å². The molecule has 0 spiro atoms. The van der Waals surface area contributed by atoms with Crippen molar-refractivity contribution in [2.24, 2.45) is 0 Å². The number of nitrogens with one attached hydrogen (secondary N) is 1. The Kier molecular flexibility index (Phi) is 6.12. The summed E-state index contributed by atoms with van der Waals surface area (Å²) in [4.78, 5) is 29.4. The highest BCUT2D eigenvalue weighted by molar-refractivity contribution is 6.28. The van der Waals surface area contributed by atoms with Crippen LogP contribution < -0.4 is 15.1 Å². The van der Waals surface area contributed by atoms with E-state index in [-0.39, 0.29) is 11.3 Å². The van der Waals surface area contributed by atoms with E-state index in [0.717, 1.165) is 12.1 Å². The second-order valence-electron chi connectivity index (χ2n) is 10.5. The fraction of sp³-hybridized carbons (Fsp3) is 0.156. The van der Waals surface area contributed by atoms with Crippen LogP contribution in [-0.4, -0.2) is 48.2 Å². The van der Waals surface area contributed by atoms with Gasteiger partial charge in [-0.25, -0.2) is 4.79 Å². The van der Waals surface area contributed by atoms with Gasteiger partial charge in [-0.15, -0.1) is 0 Å². The van der Waals surface area contributed by atoms with Crippen LogP contribution in [0.2, 0.25) is 0 Å². The number of aromatic nitrogens is 1. The van der Waals surface area contributed by atoms with Crippen molar-refractivity contribution in [2.45, 2.75) is 6.18 Å². The van der Waals surface area contributed by atoms with Crippen molar-refractivity contribution < 1.29 is 32.4 Å². The number of hydrogen-bond donors (Lipinski definition) is 2. The van der Waals surface area contributed by atoms with E-state index in [1.165, 1.54) is 18.2 Å². The average molecular weight is 585 g/mol. The monoisotopic (exact) mass is 584 g/mol. The predicted octanol–water partition coefficient (Wildman–Crippen LogP) is 6.83. The van der Waals surface area contributed by atoms with Crippen molar-refractivity contribution in [3.05, 3.63) is 101 Å². The number of rotatable bonds is 5. The molecule has 2 N–H and O–H groups in total. The minimum atomic E-state index is -4.43. The van der Waals surface area contributed by atoms with Gasteiger partial charge in [0.2, 0.25) is 0 Å². The first-order valence-electron chi connectivity index (χ1n) is 13.6. The number of piperazine rings is 1. The average Bonchev–Trinajstić information content (AvgIpc) is 3.45. The van der Waals surface area contributed by atoms with E-state index in [0.29, 0.717) is 82.3 Å². The molecule has 0 unspecified atom stereocenters. The minimum absolute atomic E-state index is 0.0907. The number of halogens is 3. The molecule has 0 radical (unpaired) electrons. The van der Waals surface area contributed by atoms with Crippen molar-refractivity contribution in [1.82, 2.24) is 5.16 Å². The molecule has 216 valence electrons. The van der Waals surface area contributed by atoms with Crippen LogP contribution in [0.3, 0.4) is 0 Å². The van der Waals surface area contributed by atoms with Gasteiger partial charge in [0.25, 0.3) is 0 Å². The third kappa shape index (κ3) is 4.53. The SMILES string of the molecule is O=C(O)c1cccc(Nc2cc(N3CCN(c4cccc(C(F)(F)F)c4)CC3)c3noc4c3c2C(=O)c2ccccc2-4)c1. The molecule has 0 saturated carbocycles.